The van der Waals surface area contributed by atoms with Crippen molar-refractivity contribution in [3.63, 3.8) is 0 Å². The topological polar surface area (TPSA) is 49.4 Å². The predicted octanol–water partition coefficient (Wildman–Crippen LogP) is 7.78. The van der Waals surface area contributed by atoms with Crippen LogP contribution in [0.5, 0.6) is 0 Å². The Balaban J connectivity index is 1.92. The van der Waals surface area contributed by atoms with E-state index in [1.807, 2.05) is 50.2 Å². The molecule has 0 spiro atoms. The summed E-state index contributed by atoms with van der Waals surface area (Å²) in [6.07, 6.45) is 2.06. The van der Waals surface area contributed by atoms with Crippen molar-refractivity contribution >= 4 is 35.0 Å². The Labute approximate surface area is 243 Å². The highest BCUT2D eigenvalue weighted by Gasteiger charge is 2.31. The van der Waals surface area contributed by atoms with Crippen molar-refractivity contribution in [2.45, 2.75) is 84.3 Å². The molecular formula is C33H40Cl2N2O2. The second-order valence-electron chi connectivity index (χ2n) is 11.2. The molecule has 0 saturated carbocycles. The summed E-state index contributed by atoms with van der Waals surface area (Å²) in [4.78, 5) is 29.2. The number of nitrogens with zero attached hydrogens (tertiary/aromatic N) is 1. The van der Waals surface area contributed by atoms with Crippen LogP contribution in [0.2, 0.25) is 10.0 Å². The fraction of sp³-hybridized carbons (Fsp3) is 0.394. The average molecular weight is 568 g/mol. The van der Waals surface area contributed by atoms with Gasteiger partial charge in [0.05, 0.1) is 0 Å². The lowest BCUT2D eigenvalue weighted by atomic mass is 9.86. The van der Waals surface area contributed by atoms with Crippen LogP contribution in [-0.4, -0.2) is 28.8 Å². The lowest BCUT2D eigenvalue weighted by Crippen LogP contribution is -2.52. The average Bonchev–Trinajstić information content (AvgIpc) is 2.90. The van der Waals surface area contributed by atoms with E-state index < -0.39 is 6.04 Å². The molecule has 0 fully saturated rings. The third-order valence-electron chi connectivity index (χ3n) is 7.08. The third-order valence-corrected chi connectivity index (χ3v) is 7.66. The fourth-order valence-corrected chi connectivity index (χ4v) is 4.86. The highest BCUT2D eigenvalue weighted by molar-refractivity contribution is 6.35. The van der Waals surface area contributed by atoms with E-state index in [-0.39, 0.29) is 36.2 Å². The number of amides is 2. The van der Waals surface area contributed by atoms with Gasteiger partial charge >= 0.3 is 0 Å². The van der Waals surface area contributed by atoms with Gasteiger partial charge in [0.2, 0.25) is 11.8 Å². The Hall–Kier alpha value is -2.82. The normalized spacial score (nSPS) is 13.0. The molecule has 4 nitrogen and oxygen atoms in total. The quantitative estimate of drug-likeness (QED) is 0.257. The summed E-state index contributed by atoms with van der Waals surface area (Å²) in [7, 11) is 0. The van der Waals surface area contributed by atoms with Gasteiger partial charge < -0.3 is 10.2 Å². The molecule has 1 N–H and O–H groups in total. The zero-order valence-corrected chi connectivity index (χ0v) is 25.1. The van der Waals surface area contributed by atoms with E-state index in [1.54, 1.807) is 17.0 Å². The Morgan fingerprint density at radius 2 is 1.59 bits per heavy atom. The Bertz CT molecular complexity index is 1240. The Kier molecular flexibility index (Phi) is 11.0. The van der Waals surface area contributed by atoms with Crippen LogP contribution in [0.1, 0.15) is 69.7 Å². The van der Waals surface area contributed by atoms with E-state index in [9.17, 15) is 9.59 Å². The minimum Gasteiger partial charge on any atom is -0.352 e. The van der Waals surface area contributed by atoms with E-state index in [1.165, 1.54) is 5.56 Å². The second-order valence-corrected chi connectivity index (χ2v) is 12.1. The lowest BCUT2D eigenvalue weighted by Gasteiger charge is -2.32. The van der Waals surface area contributed by atoms with Crippen molar-refractivity contribution in [3.05, 3.63) is 105 Å². The Morgan fingerprint density at radius 1 is 0.923 bits per heavy atom. The molecule has 3 aromatic carbocycles. The van der Waals surface area contributed by atoms with E-state index >= 15 is 0 Å². The molecule has 208 valence electrons. The highest BCUT2D eigenvalue weighted by Crippen LogP contribution is 2.26. The standard InChI is InChI=1S/C33H40Cl2N2O2/c1-6-23(2)36-32(39)30(20-25-10-8-7-9-11-25)37(22-26-15-18-28(34)21-29(26)35)31(38)19-14-24-12-16-27(17-13-24)33(3,4)5/h7-13,15-18,21,23,30H,6,14,19-20,22H2,1-5H3,(H,36,39). The Morgan fingerprint density at radius 3 is 2.18 bits per heavy atom. The van der Waals surface area contributed by atoms with Crippen LogP contribution in [0.3, 0.4) is 0 Å². The van der Waals surface area contributed by atoms with Gasteiger partial charge in [-0.1, -0.05) is 112 Å². The third kappa shape index (κ3) is 9.12. The van der Waals surface area contributed by atoms with Gasteiger partial charge in [-0.05, 0) is 59.6 Å². The summed E-state index contributed by atoms with van der Waals surface area (Å²) < 4.78 is 0. The van der Waals surface area contributed by atoms with Gasteiger partial charge in [-0.3, -0.25) is 9.59 Å². The van der Waals surface area contributed by atoms with E-state index in [0.29, 0.717) is 22.9 Å². The van der Waals surface area contributed by atoms with Crippen molar-refractivity contribution in [1.82, 2.24) is 10.2 Å². The van der Waals surface area contributed by atoms with Crippen molar-refractivity contribution < 1.29 is 9.59 Å². The van der Waals surface area contributed by atoms with Crippen LogP contribution in [0, 0.1) is 0 Å². The molecule has 0 aromatic heterocycles. The number of hydrogen-bond acceptors (Lipinski definition) is 2. The molecular weight excluding hydrogens is 527 g/mol. The summed E-state index contributed by atoms with van der Waals surface area (Å²) in [6.45, 7) is 10.8. The van der Waals surface area contributed by atoms with Crippen LogP contribution in [-0.2, 0) is 34.4 Å². The van der Waals surface area contributed by atoms with E-state index in [4.69, 9.17) is 23.2 Å². The van der Waals surface area contributed by atoms with Crippen LogP contribution in [0.15, 0.2) is 72.8 Å². The molecule has 0 saturated heterocycles. The largest absolute Gasteiger partial charge is 0.352 e. The number of carbonyl (C=O) groups excluding carboxylic acids is 2. The minimum absolute atomic E-state index is 0.00632. The van der Waals surface area contributed by atoms with Crippen LogP contribution in [0.4, 0.5) is 0 Å². The highest BCUT2D eigenvalue weighted by atomic mass is 35.5. The van der Waals surface area contributed by atoms with Crippen molar-refractivity contribution in [3.8, 4) is 0 Å². The molecule has 3 aromatic rings. The van der Waals surface area contributed by atoms with E-state index in [0.717, 1.165) is 23.1 Å². The van der Waals surface area contributed by atoms with E-state index in [2.05, 4.69) is 50.4 Å². The molecule has 2 atom stereocenters. The predicted molar refractivity (Wildman–Crippen MR) is 162 cm³/mol. The van der Waals surface area contributed by atoms with Gasteiger partial charge in [0.15, 0.2) is 0 Å². The first-order valence-corrected chi connectivity index (χ1v) is 14.4. The van der Waals surface area contributed by atoms with Gasteiger partial charge in [0, 0.05) is 35.5 Å². The number of nitrogens with one attached hydrogen (secondary N) is 1. The second kappa shape index (κ2) is 14.0. The minimum atomic E-state index is -0.691. The zero-order valence-electron chi connectivity index (χ0n) is 23.6. The number of rotatable bonds is 11. The molecule has 0 aliphatic carbocycles. The number of aryl methyl sites for hydroxylation is 1. The van der Waals surface area contributed by atoms with Crippen molar-refractivity contribution in [1.29, 1.82) is 0 Å². The molecule has 0 bridgehead atoms. The molecule has 39 heavy (non-hydrogen) atoms. The number of hydrogen-bond donors (Lipinski definition) is 1. The molecule has 3 rings (SSSR count). The molecule has 0 aliphatic heterocycles. The maximum absolute atomic E-state index is 13.9. The summed E-state index contributed by atoms with van der Waals surface area (Å²) in [5.74, 6) is -0.262. The van der Waals surface area contributed by atoms with Gasteiger partial charge in [-0.2, -0.15) is 0 Å². The maximum Gasteiger partial charge on any atom is 0.243 e. The summed E-state index contributed by atoms with van der Waals surface area (Å²) >= 11 is 12.7. The monoisotopic (exact) mass is 566 g/mol. The van der Waals surface area contributed by atoms with Crippen LogP contribution < -0.4 is 5.32 Å². The summed E-state index contributed by atoms with van der Waals surface area (Å²) in [6, 6.07) is 22.8. The van der Waals surface area contributed by atoms with Crippen molar-refractivity contribution in [2.75, 3.05) is 0 Å². The van der Waals surface area contributed by atoms with Crippen molar-refractivity contribution in [2.24, 2.45) is 0 Å². The molecule has 2 amide bonds. The van der Waals surface area contributed by atoms with Crippen LogP contribution in [0.25, 0.3) is 0 Å². The number of benzene rings is 3. The van der Waals surface area contributed by atoms with Gasteiger partial charge in [0.1, 0.15) is 6.04 Å². The molecule has 6 heteroatoms. The number of halogens is 2. The first kappa shape index (κ1) is 30.7. The smallest absolute Gasteiger partial charge is 0.243 e. The van der Waals surface area contributed by atoms with Gasteiger partial charge in [-0.25, -0.2) is 0 Å². The lowest BCUT2D eigenvalue weighted by molar-refractivity contribution is -0.141. The number of carbonyl (C=O) groups is 2. The first-order valence-electron chi connectivity index (χ1n) is 13.6. The van der Waals surface area contributed by atoms with Gasteiger partial charge in [0.25, 0.3) is 0 Å². The fourth-order valence-electron chi connectivity index (χ4n) is 4.39. The first-order chi connectivity index (χ1) is 18.5. The molecule has 0 heterocycles. The summed E-state index contributed by atoms with van der Waals surface area (Å²) in [5.41, 5.74) is 4.14. The molecule has 2 unspecified atom stereocenters. The maximum atomic E-state index is 13.9. The molecule has 0 aliphatic rings. The van der Waals surface area contributed by atoms with Gasteiger partial charge in [-0.15, -0.1) is 0 Å². The SMILES string of the molecule is CCC(C)NC(=O)C(Cc1ccccc1)N(Cc1ccc(Cl)cc1Cl)C(=O)CCc1ccc(C(C)(C)C)cc1. The zero-order chi connectivity index (χ0) is 28.6. The summed E-state index contributed by atoms with van der Waals surface area (Å²) in [5, 5.41) is 4.10. The van der Waals surface area contributed by atoms with Crippen LogP contribution >= 0.6 is 23.2 Å². The molecule has 0 radical (unpaired) electrons.